The van der Waals surface area contributed by atoms with Crippen LogP contribution in [0.5, 0.6) is 0 Å². The minimum atomic E-state index is -0.334. The van der Waals surface area contributed by atoms with Crippen LogP contribution in [-0.4, -0.2) is 9.97 Å². The molecule has 20 heavy (non-hydrogen) atoms. The summed E-state index contributed by atoms with van der Waals surface area (Å²) in [5.74, 6) is 0.415. The second-order valence-corrected chi connectivity index (χ2v) is 4.99. The molecule has 0 atom stereocenters. The summed E-state index contributed by atoms with van der Waals surface area (Å²) in [5.41, 5.74) is 8.09. The Balaban J connectivity index is 2.29. The summed E-state index contributed by atoms with van der Waals surface area (Å²) in [6.07, 6.45) is 0. The van der Waals surface area contributed by atoms with Crippen molar-refractivity contribution in [3.63, 3.8) is 0 Å². The zero-order valence-corrected chi connectivity index (χ0v) is 11.4. The number of nitrogens with zero attached hydrogens (tertiary/aromatic N) is 2. The highest BCUT2D eigenvalue weighted by molar-refractivity contribution is 6.31. The Morgan fingerprint density at radius 3 is 2.70 bits per heavy atom. The van der Waals surface area contributed by atoms with E-state index in [4.69, 9.17) is 17.3 Å². The topological polar surface area (TPSA) is 51.8 Å². The fourth-order valence-electron chi connectivity index (χ4n) is 2.08. The van der Waals surface area contributed by atoms with Crippen LogP contribution in [0.3, 0.4) is 0 Å². The molecule has 100 valence electrons. The Bertz CT molecular complexity index is 818. The van der Waals surface area contributed by atoms with E-state index in [1.54, 1.807) is 24.3 Å². The van der Waals surface area contributed by atoms with E-state index in [0.29, 0.717) is 27.7 Å². The molecule has 3 aromatic rings. The first kappa shape index (κ1) is 12.8. The quantitative estimate of drug-likeness (QED) is 0.736. The maximum atomic E-state index is 13.4. The molecule has 0 bridgehead atoms. The molecule has 0 saturated carbocycles. The summed E-state index contributed by atoms with van der Waals surface area (Å²) in [4.78, 5) is 8.69. The van der Waals surface area contributed by atoms with E-state index in [0.717, 1.165) is 10.9 Å². The van der Waals surface area contributed by atoms with Gasteiger partial charge in [0.05, 0.1) is 5.52 Å². The lowest BCUT2D eigenvalue weighted by molar-refractivity contribution is 0.628. The average molecular weight is 288 g/mol. The molecule has 0 unspecified atom stereocenters. The molecule has 0 saturated heterocycles. The predicted octanol–water partition coefficient (Wildman–Crippen LogP) is 3.98. The standard InChI is InChI=1S/C15H11ClFN3/c1-8-2-4-10(17)7-12(8)15-19-13-6-9(16)3-5-11(13)14(18)20-15/h2-7H,1H3,(H2,18,19,20). The number of aryl methyl sites for hydroxylation is 1. The van der Waals surface area contributed by atoms with Gasteiger partial charge >= 0.3 is 0 Å². The third kappa shape index (κ3) is 2.18. The number of hydrogen-bond acceptors (Lipinski definition) is 3. The molecule has 0 aliphatic rings. The van der Waals surface area contributed by atoms with Crippen molar-refractivity contribution in [3.8, 4) is 11.4 Å². The van der Waals surface area contributed by atoms with E-state index in [1.165, 1.54) is 12.1 Å². The number of fused-ring (bicyclic) bond motifs is 1. The summed E-state index contributed by atoms with van der Waals surface area (Å²) < 4.78 is 13.4. The van der Waals surface area contributed by atoms with Gasteiger partial charge in [-0.1, -0.05) is 17.7 Å². The van der Waals surface area contributed by atoms with Crippen LogP contribution in [0, 0.1) is 12.7 Å². The van der Waals surface area contributed by atoms with Gasteiger partial charge < -0.3 is 5.73 Å². The first-order valence-corrected chi connectivity index (χ1v) is 6.42. The zero-order valence-electron chi connectivity index (χ0n) is 10.7. The Morgan fingerprint density at radius 2 is 1.90 bits per heavy atom. The first-order chi connectivity index (χ1) is 9.54. The van der Waals surface area contributed by atoms with Crippen molar-refractivity contribution in [2.24, 2.45) is 0 Å². The van der Waals surface area contributed by atoms with E-state index in [2.05, 4.69) is 9.97 Å². The molecule has 1 aromatic heterocycles. The van der Waals surface area contributed by atoms with Crippen LogP contribution in [0.15, 0.2) is 36.4 Å². The summed E-state index contributed by atoms with van der Waals surface area (Å²) in [7, 11) is 0. The Kier molecular flexibility index (Phi) is 3.03. The van der Waals surface area contributed by atoms with E-state index in [-0.39, 0.29) is 5.82 Å². The fraction of sp³-hybridized carbons (Fsp3) is 0.0667. The van der Waals surface area contributed by atoms with Crippen molar-refractivity contribution in [2.45, 2.75) is 6.92 Å². The van der Waals surface area contributed by atoms with Crippen molar-refractivity contribution in [1.82, 2.24) is 9.97 Å². The summed E-state index contributed by atoms with van der Waals surface area (Å²) in [6, 6.07) is 9.71. The molecule has 0 spiro atoms. The largest absolute Gasteiger partial charge is 0.383 e. The van der Waals surface area contributed by atoms with Crippen LogP contribution in [0.2, 0.25) is 5.02 Å². The second kappa shape index (κ2) is 4.72. The first-order valence-electron chi connectivity index (χ1n) is 6.04. The van der Waals surface area contributed by atoms with Gasteiger partial charge in [-0.05, 0) is 42.8 Å². The number of nitrogens with two attached hydrogens (primary N) is 1. The third-order valence-corrected chi connectivity index (χ3v) is 3.36. The number of nitrogen functional groups attached to an aromatic ring is 1. The molecular weight excluding hydrogens is 277 g/mol. The molecule has 1 heterocycles. The molecule has 3 rings (SSSR count). The van der Waals surface area contributed by atoms with Gasteiger partial charge in [0.2, 0.25) is 0 Å². The minimum absolute atomic E-state index is 0.334. The number of halogens is 2. The molecule has 2 N–H and O–H groups in total. The van der Waals surface area contributed by atoms with Crippen LogP contribution in [-0.2, 0) is 0 Å². The van der Waals surface area contributed by atoms with Crippen LogP contribution in [0.25, 0.3) is 22.3 Å². The van der Waals surface area contributed by atoms with Crippen LogP contribution in [0.1, 0.15) is 5.56 Å². The van der Waals surface area contributed by atoms with Crippen LogP contribution >= 0.6 is 11.6 Å². The van der Waals surface area contributed by atoms with Crippen molar-refractivity contribution < 1.29 is 4.39 Å². The van der Waals surface area contributed by atoms with Gasteiger partial charge in [0.15, 0.2) is 5.82 Å². The Hall–Kier alpha value is -2.20. The van der Waals surface area contributed by atoms with E-state index in [9.17, 15) is 4.39 Å². The van der Waals surface area contributed by atoms with Gasteiger partial charge in [0.25, 0.3) is 0 Å². The SMILES string of the molecule is Cc1ccc(F)cc1-c1nc(N)c2ccc(Cl)cc2n1. The van der Waals surface area contributed by atoms with E-state index < -0.39 is 0 Å². The monoisotopic (exact) mass is 287 g/mol. The van der Waals surface area contributed by atoms with Gasteiger partial charge in [-0.2, -0.15) is 0 Å². The van der Waals surface area contributed by atoms with Gasteiger partial charge in [-0.25, -0.2) is 14.4 Å². The fourth-order valence-corrected chi connectivity index (χ4v) is 2.25. The van der Waals surface area contributed by atoms with Crippen LogP contribution in [0.4, 0.5) is 10.2 Å². The molecule has 3 nitrogen and oxygen atoms in total. The van der Waals surface area contributed by atoms with Crippen molar-refractivity contribution in [3.05, 3.63) is 52.8 Å². The molecule has 5 heteroatoms. The number of benzene rings is 2. The summed E-state index contributed by atoms with van der Waals surface area (Å²) in [5, 5.41) is 1.30. The predicted molar refractivity (Wildman–Crippen MR) is 79.1 cm³/mol. The van der Waals surface area contributed by atoms with Gasteiger partial charge in [-0.15, -0.1) is 0 Å². The lowest BCUT2D eigenvalue weighted by Gasteiger charge is -2.08. The molecule has 0 amide bonds. The normalized spacial score (nSPS) is 10.9. The summed E-state index contributed by atoms with van der Waals surface area (Å²) >= 11 is 5.96. The average Bonchev–Trinajstić information content (AvgIpc) is 2.41. The lowest BCUT2D eigenvalue weighted by Crippen LogP contribution is -1.99. The molecule has 0 aliphatic heterocycles. The van der Waals surface area contributed by atoms with Crippen molar-refractivity contribution in [1.29, 1.82) is 0 Å². The van der Waals surface area contributed by atoms with Crippen LogP contribution < -0.4 is 5.73 Å². The van der Waals surface area contributed by atoms with E-state index >= 15 is 0 Å². The lowest BCUT2D eigenvalue weighted by atomic mass is 10.1. The molecule has 2 aromatic carbocycles. The van der Waals surface area contributed by atoms with E-state index in [1.807, 2.05) is 6.92 Å². The number of aromatic nitrogens is 2. The number of rotatable bonds is 1. The van der Waals surface area contributed by atoms with Gasteiger partial charge in [0.1, 0.15) is 11.6 Å². The van der Waals surface area contributed by atoms with Gasteiger partial charge in [0, 0.05) is 16.0 Å². The highest BCUT2D eigenvalue weighted by Gasteiger charge is 2.10. The highest BCUT2D eigenvalue weighted by atomic mass is 35.5. The van der Waals surface area contributed by atoms with Crippen molar-refractivity contribution >= 4 is 28.3 Å². The minimum Gasteiger partial charge on any atom is -0.383 e. The number of anilines is 1. The molecule has 0 fully saturated rings. The zero-order chi connectivity index (χ0) is 14.3. The Labute approximate surface area is 120 Å². The maximum Gasteiger partial charge on any atom is 0.162 e. The molecule has 0 aliphatic carbocycles. The maximum absolute atomic E-state index is 13.4. The third-order valence-electron chi connectivity index (χ3n) is 3.13. The highest BCUT2D eigenvalue weighted by Crippen LogP contribution is 2.27. The summed E-state index contributed by atoms with van der Waals surface area (Å²) in [6.45, 7) is 1.87. The second-order valence-electron chi connectivity index (χ2n) is 4.55. The Morgan fingerprint density at radius 1 is 1.10 bits per heavy atom. The van der Waals surface area contributed by atoms with Gasteiger partial charge in [-0.3, -0.25) is 0 Å². The molecule has 0 radical (unpaired) electrons. The number of hydrogen-bond donors (Lipinski definition) is 1. The smallest absolute Gasteiger partial charge is 0.162 e. The molecular formula is C15H11ClFN3. The van der Waals surface area contributed by atoms with Crippen molar-refractivity contribution in [2.75, 3.05) is 5.73 Å².